The van der Waals surface area contributed by atoms with Crippen LogP contribution in [0.15, 0.2) is 17.2 Å². The summed E-state index contributed by atoms with van der Waals surface area (Å²) in [6.45, 7) is -0.192. The van der Waals surface area contributed by atoms with E-state index in [1.165, 1.54) is 0 Å². The SMILES string of the molecule is NCc1ncc(S(=O)(=O)Cl)cc1C(F)F. The summed E-state index contributed by atoms with van der Waals surface area (Å²) in [5, 5.41) is 0. The summed E-state index contributed by atoms with van der Waals surface area (Å²) in [6, 6.07) is 0.780. The largest absolute Gasteiger partial charge is 0.325 e. The summed E-state index contributed by atoms with van der Waals surface area (Å²) in [4.78, 5) is 3.05. The summed E-state index contributed by atoms with van der Waals surface area (Å²) < 4.78 is 46.6. The minimum absolute atomic E-state index is 0.0472. The lowest BCUT2D eigenvalue weighted by Gasteiger charge is -2.06. The molecule has 84 valence electrons. The van der Waals surface area contributed by atoms with Gasteiger partial charge < -0.3 is 5.73 Å². The zero-order chi connectivity index (χ0) is 11.6. The number of aromatic nitrogens is 1. The summed E-state index contributed by atoms with van der Waals surface area (Å²) in [5.41, 5.74) is 4.61. The van der Waals surface area contributed by atoms with Gasteiger partial charge in [-0.05, 0) is 6.07 Å². The fourth-order valence-electron chi connectivity index (χ4n) is 0.983. The highest BCUT2D eigenvalue weighted by Gasteiger charge is 2.18. The average molecular weight is 257 g/mol. The Morgan fingerprint density at radius 3 is 2.53 bits per heavy atom. The highest BCUT2D eigenvalue weighted by atomic mass is 35.7. The molecule has 0 atom stereocenters. The van der Waals surface area contributed by atoms with Crippen LogP contribution in [0.5, 0.6) is 0 Å². The first kappa shape index (κ1) is 12.3. The van der Waals surface area contributed by atoms with Crippen molar-refractivity contribution in [3.63, 3.8) is 0 Å². The molecule has 1 aromatic heterocycles. The van der Waals surface area contributed by atoms with E-state index in [9.17, 15) is 17.2 Å². The van der Waals surface area contributed by atoms with Gasteiger partial charge in [-0.15, -0.1) is 0 Å². The number of hydrogen-bond donors (Lipinski definition) is 1. The van der Waals surface area contributed by atoms with Crippen LogP contribution in [0.1, 0.15) is 17.7 Å². The Balaban J connectivity index is 3.35. The molecule has 8 heteroatoms. The van der Waals surface area contributed by atoms with Crippen molar-refractivity contribution in [1.82, 2.24) is 4.98 Å². The van der Waals surface area contributed by atoms with Gasteiger partial charge in [0.2, 0.25) is 0 Å². The molecule has 15 heavy (non-hydrogen) atoms. The maximum absolute atomic E-state index is 12.4. The molecule has 4 nitrogen and oxygen atoms in total. The lowest BCUT2D eigenvalue weighted by molar-refractivity contribution is 0.149. The Labute approximate surface area is 89.5 Å². The molecule has 0 saturated carbocycles. The number of rotatable bonds is 3. The van der Waals surface area contributed by atoms with Crippen molar-refractivity contribution in [3.8, 4) is 0 Å². The molecule has 2 N–H and O–H groups in total. The van der Waals surface area contributed by atoms with Gasteiger partial charge >= 0.3 is 0 Å². The van der Waals surface area contributed by atoms with Crippen molar-refractivity contribution in [2.75, 3.05) is 0 Å². The number of halogens is 3. The van der Waals surface area contributed by atoms with Crippen LogP contribution >= 0.6 is 10.7 Å². The van der Waals surface area contributed by atoms with Gasteiger partial charge in [-0.3, -0.25) is 4.98 Å². The third kappa shape index (κ3) is 2.83. The Morgan fingerprint density at radius 1 is 1.53 bits per heavy atom. The lowest BCUT2D eigenvalue weighted by atomic mass is 10.2. The van der Waals surface area contributed by atoms with Crippen LogP contribution in [0.4, 0.5) is 8.78 Å². The second-order valence-corrected chi connectivity index (χ2v) is 5.22. The van der Waals surface area contributed by atoms with Crippen molar-refractivity contribution < 1.29 is 17.2 Å². The molecule has 0 aliphatic heterocycles. The zero-order valence-corrected chi connectivity index (χ0v) is 8.89. The van der Waals surface area contributed by atoms with Gasteiger partial charge in [-0.2, -0.15) is 0 Å². The number of pyridine rings is 1. The molecule has 0 radical (unpaired) electrons. The molecule has 0 aliphatic rings. The van der Waals surface area contributed by atoms with Gasteiger partial charge in [-0.25, -0.2) is 17.2 Å². The van der Waals surface area contributed by atoms with Gasteiger partial charge in [-0.1, -0.05) is 0 Å². The predicted octanol–water partition coefficient (Wildman–Crippen LogP) is 1.41. The molecule has 0 aliphatic carbocycles. The molecule has 0 unspecified atom stereocenters. The molecule has 0 fully saturated rings. The summed E-state index contributed by atoms with van der Waals surface area (Å²) in [5.74, 6) is 0. The maximum Gasteiger partial charge on any atom is 0.265 e. The molecule has 1 rings (SSSR count). The van der Waals surface area contributed by atoms with Crippen LogP contribution in [-0.2, 0) is 15.6 Å². The highest BCUT2D eigenvalue weighted by molar-refractivity contribution is 8.13. The summed E-state index contributed by atoms with van der Waals surface area (Å²) in [6.07, 6.45) is -1.94. The molecule has 0 amide bonds. The predicted molar refractivity (Wildman–Crippen MR) is 50.1 cm³/mol. The normalized spacial score (nSPS) is 12.1. The molecule has 0 spiro atoms. The van der Waals surface area contributed by atoms with E-state index < -0.39 is 25.9 Å². The number of hydrogen-bond acceptors (Lipinski definition) is 4. The van der Waals surface area contributed by atoms with Crippen molar-refractivity contribution in [2.45, 2.75) is 17.9 Å². The topological polar surface area (TPSA) is 73.0 Å². The smallest absolute Gasteiger partial charge is 0.265 e. The monoisotopic (exact) mass is 256 g/mol. The van der Waals surface area contributed by atoms with Gasteiger partial charge in [0.05, 0.1) is 5.69 Å². The van der Waals surface area contributed by atoms with Gasteiger partial charge in [0.15, 0.2) is 0 Å². The number of alkyl halides is 2. The highest BCUT2D eigenvalue weighted by Crippen LogP contribution is 2.25. The first-order valence-corrected chi connectivity index (χ1v) is 6.09. The van der Waals surface area contributed by atoms with Gasteiger partial charge in [0, 0.05) is 29.0 Å². The van der Waals surface area contributed by atoms with E-state index in [1.54, 1.807) is 0 Å². The Bertz CT molecular complexity index is 464. The first-order valence-electron chi connectivity index (χ1n) is 3.78. The van der Waals surface area contributed by atoms with E-state index in [1.807, 2.05) is 0 Å². The number of nitrogens with zero attached hydrogens (tertiary/aromatic N) is 1. The Hall–Kier alpha value is -0.790. The fourth-order valence-corrected chi connectivity index (χ4v) is 1.68. The lowest BCUT2D eigenvalue weighted by Crippen LogP contribution is -2.06. The van der Waals surface area contributed by atoms with E-state index in [0.29, 0.717) is 0 Å². The van der Waals surface area contributed by atoms with Gasteiger partial charge in [0.25, 0.3) is 15.5 Å². The van der Waals surface area contributed by atoms with Crippen LogP contribution < -0.4 is 5.73 Å². The average Bonchev–Trinajstić information content (AvgIpc) is 2.15. The second-order valence-electron chi connectivity index (χ2n) is 2.65. The third-order valence-electron chi connectivity index (χ3n) is 1.69. The molecule has 1 aromatic rings. The summed E-state index contributed by atoms with van der Waals surface area (Å²) in [7, 11) is 0.939. The van der Waals surface area contributed by atoms with Crippen LogP contribution in [0.25, 0.3) is 0 Å². The van der Waals surface area contributed by atoms with Crippen LogP contribution in [0.2, 0.25) is 0 Å². The third-order valence-corrected chi connectivity index (χ3v) is 3.01. The second kappa shape index (κ2) is 4.38. The quantitative estimate of drug-likeness (QED) is 0.830. The first-order chi connectivity index (χ1) is 6.86. The van der Waals surface area contributed by atoms with Crippen molar-refractivity contribution in [1.29, 1.82) is 0 Å². The molecular weight excluding hydrogens is 250 g/mol. The minimum Gasteiger partial charge on any atom is -0.325 e. The van der Waals surface area contributed by atoms with E-state index in [0.717, 1.165) is 12.3 Å². The molecule has 0 bridgehead atoms. The molecule has 1 heterocycles. The van der Waals surface area contributed by atoms with Crippen molar-refractivity contribution in [3.05, 3.63) is 23.5 Å². The van der Waals surface area contributed by atoms with Crippen molar-refractivity contribution >= 4 is 19.7 Å². The molecular formula is C7H7ClF2N2O2S. The van der Waals surface area contributed by atoms with Crippen LogP contribution in [0.3, 0.4) is 0 Å². The fraction of sp³-hybridized carbons (Fsp3) is 0.286. The minimum atomic E-state index is -4.05. The standard InChI is InChI=1S/C7H7ClF2N2O2S/c8-15(13,14)4-1-5(7(9)10)6(2-11)12-3-4/h1,3,7H,2,11H2. The molecule has 0 aromatic carbocycles. The van der Waals surface area contributed by atoms with E-state index in [2.05, 4.69) is 4.98 Å². The zero-order valence-electron chi connectivity index (χ0n) is 7.32. The van der Waals surface area contributed by atoms with E-state index >= 15 is 0 Å². The summed E-state index contributed by atoms with van der Waals surface area (Å²) >= 11 is 0. The molecule has 0 saturated heterocycles. The van der Waals surface area contributed by atoms with Gasteiger partial charge in [0.1, 0.15) is 4.90 Å². The Morgan fingerprint density at radius 2 is 2.13 bits per heavy atom. The Kier molecular flexibility index (Phi) is 3.58. The van der Waals surface area contributed by atoms with Crippen LogP contribution in [-0.4, -0.2) is 13.4 Å². The van der Waals surface area contributed by atoms with Crippen molar-refractivity contribution in [2.24, 2.45) is 5.73 Å². The number of nitrogens with two attached hydrogens (primary N) is 1. The van der Waals surface area contributed by atoms with E-state index in [4.69, 9.17) is 16.4 Å². The van der Waals surface area contributed by atoms with E-state index in [-0.39, 0.29) is 12.2 Å². The van der Waals surface area contributed by atoms with Crippen LogP contribution in [0, 0.1) is 0 Å². The maximum atomic E-state index is 12.4.